The van der Waals surface area contributed by atoms with Crippen LogP contribution in [0.15, 0.2) is 0 Å². The van der Waals surface area contributed by atoms with Gasteiger partial charge in [0.05, 0.1) is 5.75 Å². The second-order valence-corrected chi connectivity index (χ2v) is 8.82. The summed E-state index contributed by atoms with van der Waals surface area (Å²) in [5, 5.41) is 3.45. The van der Waals surface area contributed by atoms with E-state index in [4.69, 9.17) is 0 Å². The van der Waals surface area contributed by atoms with Gasteiger partial charge in [-0.2, -0.15) is 0 Å². The molecular weight excluding hydrogens is 284 g/mol. The van der Waals surface area contributed by atoms with Crippen molar-refractivity contribution in [2.75, 3.05) is 25.4 Å². The van der Waals surface area contributed by atoms with Gasteiger partial charge in [-0.25, -0.2) is 12.7 Å². The monoisotopic (exact) mass is 316 g/mol. The quantitative estimate of drug-likeness (QED) is 0.820. The fourth-order valence-electron chi connectivity index (χ4n) is 3.70. The summed E-state index contributed by atoms with van der Waals surface area (Å²) in [6.45, 7) is 4.75. The normalized spacial score (nSPS) is 29.2. The van der Waals surface area contributed by atoms with Crippen molar-refractivity contribution in [1.82, 2.24) is 9.62 Å². The van der Waals surface area contributed by atoms with Crippen LogP contribution >= 0.6 is 0 Å². The van der Waals surface area contributed by atoms with Crippen LogP contribution in [0.25, 0.3) is 0 Å². The molecule has 0 saturated carbocycles. The van der Waals surface area contributed by atoms with Gasteiger partial charge in [0.1, 0.15) is 0 Å². The van der Waals surface area contributed by atoms with Crippen molar-refractivity contribution in [2.24, 2.45) is 5.92 Å². The molecule has 2 aliphatic rings. The van der Waals surface area contributed by atoms with E-state index in [1.807, 2.05) is 0 Å². The van der Waals surface area contributed by atoms with E-state index in [0.29, 0.717) is 11.8 Å². The van der Waals surface area contributed by atoms with Crippen molar-refractivity contribution in [3.05, 3.63) is 0 Å². The smallest absolute Gasteiger partial charge is 0.214 e. The van der Waals surface area contributed by atoms with Gasteiger partial charge in [0.2, 0.25) is 10.0 Å². The Bertz CT molecular complexity index is 391. The number of nitrogens with zero attached hydrogens (tertiary/aromatic N) is 1. The second-order valence-electron chi connectivity index (χ2n) is 6.74. The maximum atomic E-state index is 12.5. The zero-order chi connectivity index (χ0) is 15.1. The molecule has 1 N–H and O–H groups in total. The highest BCUT2D eigenvalue weighted by Crippen LogP contribution is 2.24. The lowest BCUT2D eigenvalue weighted by Gasteiger charge is -2.25. The van der Waals surface area contributed by atoms with Gasteiger partial charge in [0.15, 0.2) is 0 Å². The fraction of sp³-hybridized carbons (Fsp3) is 1.00. The Morgan fingerprint density at radius 2 is 1.90 bits per heavy atom. The van der Waals surface area contributed by atoms with E-state index in [2.05, 4.69) is 12.2 Å². The van der Waals surface area contributed by atoms with E-state index in [0.717, 1.165) is 51.2 Å². The zero-order valence-electron chi connectivity index (χ0n) is 13.5. The van der Waals surface area contributed by atoms with Crippen molar-refractivity contribution in [3.8, 4) is 0 Å². The highest BCUT2D eigenvalue weighted by molar-refractivity contribution is 7.89. The first-order valence-electron chi connectivity index (χ1n) is 8.83. The molecule has 0 aliphatic carbocycles. The minimum atomic E-state index is -3.05. The summed E-state index contributed by atoms with van der Waals surface area (Å²) >= 11 is 0. The Kier molecular flexibility index (Phi) is 6.96. The average Bonchev–Trinajstić information content (AvgIpc) is 2.73. The molecule has 0 aromatic rings. The number of nitrogens with one attached hydrogen (secondary N) is 1. The summed E-state index contributed by atoms with van der Waals surface area (Å²) in [5.74, 6) is 1.05. The summed E-state index contributed by atoms with van der Waals surface area (Å²) in [6, 6.07) is 0.411. The van der Waals surface area contributed by atoms with Crippen LogP contribution in [0.1, 0.15) is 64.7 Å². The van der Waals surface area contributed by atoms with Gasteiger partial charge in [-0.3, -0.25) is 0 Å². The average molecular weight is 317 g/mol. The Labute approximate surface area is 130 Å². The van der Waals surface area contributed by atoms with Crippen molar-refractivity contribution >= 4 is 10.0 Å². The third kappa shape index (κ3) is 5.53. The molecule has 4 nitrogen and oxygen atoms in total. The van der Waals surface area contributed by atoms with Gasteiger partial charge in [-0.1, -0.05) is 26.2 Å². The van der Waals surface area contributed by atoms with Crippen LogP contribution in [0.3, 0.4) is 0 Å². The Balaban J connectivity index is 1.80. The molecule has 124 valence electrons. The number of rotatable bonds is 6. The molecular formula is C16H32N2O2S. The molecule has 5 heteroatoms. The van der Waals surface area contributed by atoms with E-state index in [1.54, 1.807) is 4.31 Å². The lowest BCUT2D eigenvalue weighted by Crippen LogP contribution is -2.39. The van der Waals surface area contributed by atoms with Gasteiger partial charge in [-0.05, 0) is 51.0 Å². The molecule has 0 aromatic heterocycles. The summed E-state index contributed by atoms with van der Waals surface area (Å²) < 4.78 is 26.9. The molecule has 2 atom stereocenters. The van der Waals surface area contributed by atoms with Crippen LogP contribution in [0, 0.1) is 5.92 Å². The number of piperidine rings is 1. The van der Waals surface area contributed by atoms with Gasteiger partial charge in [0, 0.05) is 19.1 Å². The Hall–Kier alpha value is -0.130. The van der Waals surface area contributed by atoms with Crippen LogP contribution in [-0.4, -0.2) is 44.2 Å². The van der Waals surface area contributed by atoms with E-state index >= 15 is 0 Å². The predicted molar refractivity (Wildman–Crippen MR) is 87.9 cm³/mol. The molecule has 21 heavy (non-hydrogen) atoms. The van der Waals surface area contributed by atoms with Crippen molar-refractivity contribution in [1.29, 1.82) is 0 Å². The minimum Gasteiger partial charge on any atom is -0.314 e. The SMILES string of the molecule is CCCC1CCCN(S(=O)(=O)CCC2CCCCN2)CC1. The van der Waals surface area contributed by atoms with Crippen molar-refractivity contribution in [3.63, 3.8) is 0 Å². The molecule has 0 radical (unpaired) electrons. The van der Waals surface area contributed by atoms with Gasteiger partial charge >= 0.3 is 0 Å². The molecule has 0 bridgehead atoms. The van der Waals surface area contributed by atoms with Crippen molar-refractivity contribution < 1.29 is 8.42 Å². The molecule has 0 aromatic carbocycles. The number of hydrogen-bond donors (Lipinski definition) is 1. The first-order chi connectivity index (χ1) is 10.1. The lowest BCUT2D eigenvalue weighted by atomic mass is 9.96. The third-order valence-electron chi connectivity index (χ3n) is 5.03. The standard InChI is InChI=1S/C16H32N2O2S/c1-2-6-15-7-5-12-18(13-9-15)21(19,20)14-10-16-8-3-4-11-17-16/h15-17H,2-14H2,1H3. The number of sulfonamides is 1. The molecule has 2 heterocycles. The first kappa shape index (κ1) is 17.2. The molecule has 2 aliphatic heterocycles. The molecule has 2 rings (SSSR count). The van der Waals surface area contributed by atoms with Crippen LogP contribution in [0.5, 0.6) is 0 Å². The van der Waals surface area contributed by atoms with E-state index in [1.165, 1.54) is 32.1 Å². The number of hydrogen-bond acceptors (Lipinski definition) is 3. The third-order valence-corrected chi connectivity index (χ3v) is 6.94. The van der Waals surface area contributed by atoms with Crippen LogP contribution in [0.2, 0.25) is 0 Å². The second kappa shape index (κ2) is 8.49. The highest BCUT2D eigenvalue weighted by atomic mass is 32.2. The minimum absolute atomic E-state index is 0.323. The molecule has 2 saturated heterocycles. The van der Waals surface area contributed by atoms with Gasteiger partial charge in [-0.15, -0.1) is 0 Å². The topological polar surface area (TPSA) is 49.4 Å². The summed E-state index contributed by atoms with van der Waals surface area (Å²) in [5.41, 5.74) is 0. The maximum Gasteiger partial charge on any atom is 0.214 e. The lowest BCUT2D eigenvalue weighted by molar-refractivity contribution is 0.380. The summed E-state index contributed by atoms with van der Waals surface area (Å²) in [6.07, 6.45) is 10.1. The van der Waals surface area contributed by atoms with E-state index < -0.39 is 10.0 Å². The maximum absolute atomic E-state index is 12.5. The van der Waals surface area contributed by atoms with Crippen LogP contribution in [0.4, 0.5) is 0 Å². The molecule has 2 unspecified atom stereocenters. The highest BCUT2D eigenvalue weighted by Gasteiger charge is 2.26. The summed E-state index contributed by atoms with van der Waals surface area (Å²) in [4.78, 5) is 0. The van der Waals surface area contributed by atoms with E-state index in [9.17, 15) is 8.42 Å². The van der Waals surface area contributed by atoms with Gasteiger partial charge < -0.3 is 5.32 Å². The zero-order valence-corrected chi connectivity index (χ0v) is 14.3. The fourth-order valence-corrected chi connectivity index (χ4v) is 5.34. The van der Waals surface area contributed by atoms with Crippen molar-refractivity contribution in [2.45, 2.75) is 70.8 Å². The largest absolute Gasteiger partial charge is 0.314 e. The molecule has 2 fully saturated rings. The Morgan fingerprint density at radius 3 is 2.62 bits per heavy atom. The van der Waals surface area contributed by atoms with Gasteiger partial charge in [0.25, 0.3) is 0 Å². The summed E-state index contributed by atoms with van der Waals surface area (Å²) in [7, 11) is -3.05. The molecule has 0 spiro atoms. The van der Waals surface area contributed by atoms with Crippen LogP contribution < -0.4 is 5.32 Å². The predicted octanol–water partition coefficient (Wildman–Crippen LogP) is 2.75. The molecule has 0 amide bonds. The Morgan fingerprint density at radius 1 is 1.05 bits per heavy atom. The van der Waals surface area contributed by atoms with E-state index in [-0.39, 0.29) is 0 Å². The van der Waals surface area contributed by atoms with Crippen LogP contribution in [-0.2, 0) is 10.0 Å². The first-order valence-corrected chi connectivity index (χ1v) is 10.4.